The van der Waals surface area contributed by atoms with Gasteiger partial charge in [0.15, 0.2) is 11.5 Å². The molecular weight excluding hydrogens is 276 g/mol. The standard InChI is InChI=1S/C18H28N2O2/c1-2-22-16-9-5-8-15(18(16)21)17(14-6-3-4-7-14)20-12-10-19-11-13-20/h5,8-9,14,17,19,21H,2-4,6-7,10-13H2,1H3/t17-/m0/s1. The molecule has 1 heterocycles. The lowest BCUT2D eigenvalue weighted by Crippen LogP contribution is -2.46. The van der Waals surface area contributed by atoms with Gasteiger partial charge >= 0.3 is 0 Å². The van der Waals surface area contributed by atoms with Gasteiger partial charge in [-0.3, -0.25) is 4.90 Å². The lowest BCUT2D eigenvalue weighted by molar-refractivity contribution is 0.123. The molecule has 0 bridgehead atoms. The molecule has 0 radical (unpaired) electrons. The van der Waals surface area contributed by atoms with E-state index in [-0.39, 0.29) is 0 Å². The summed E-state index contributed by atoms with van der Waals surface area (Å²) in [6.07, 6.45) is 5.18. The highest BCUT2D eigenvalue weighted by Crippen LogP contribution is 2.44. The molecule has 1 aliphatic carbocycles. The molecule has 0 unspecified atom stereocenters. The molecule has 1 aliphatic heterocycles. The molecule has 1 saturated carbocycles. The van der Waals surface area contributed by atoms with Gasteiger partial charge in [0.05, 0.1) is 6.61 Å². The van der Waals surface area contributed by atoms with Gasteiger partial charge in [0.1, 0.15) is 0 Å². The fourth-order valence-electron chi connectivity index (χ4n) is 4.03. The number of piperazine rings is 1. The minimum atomic E-state index is 0.324. The van der Waals surface area contributed by atoms with Crippen LogP contribution < -0.4 is 10.1 Å². The Labute approximate surface area is 133 Å². The first kappa shape index (κ1) is 15.6. The number of nitrogens with zero attached hydrogens (tertiary/aromatic N) is 1. The Morgan fingerprint density at radius 2 is 2.00 bits per heavy atom. The largest absolute Gasteiger partial charge is 0.504 e. The number of hydrogen-bond acceptors (Lipinski definition) is 4. The molecule has 0 spiro atoms. The second-order valence-corrected chi connectivity index (χ2v) is 6.40. The van der Waals surface area contributed by atoms with E-state index in [1.54, 1.807) is 0 Å². The average Bonchev–Trinajstić information content (AvgIpc) is 3.06. The topological polar surface area (TPSA) is 44.7 Å². The van der Waals surface area contributed by atoms with Crippen LogP contribution >= 0.6 is 0 Å². The average molecular weight is 304 g/mol. The third-order valence-corrected chi connectivity index (χ3v) is 5.04. The molecule has 0 aromatic heterocycles. The van der Waals surface area contributed by atoms with Crippen molar-refractivity contribution in [1.82, 2.24) is 10.2 Å². The molecule has 4 heteroatoms. The van der Waals surface area contributed by atoms with Crippen LogP contribution in [-0.2, 0) is 0 Å². The summed E-state index contributed by atoms with van der Waals surface area (Å²) in [6.45, 7) is 6.72. The van der Waals surface area contributed by atoms with Crippen molar-refractivity contribution in [1.29, 1.82) is 0 Å². The number of ether oxygens (including phenoxy) is 1. The van der Waals surface area contributed by atoms with E-state index in [0.717, 1.165) is 31.7 Å². The van der Waals surface area contributed by atoms with Gasteiger partial charge in [0, 0.05) is 37.8 Å². The molecule has 0 amide bonds. The number of nitrogens with one attached hydrogen (secondary N) is 1. The smallest absolute Gasteiger partial charge is 0.162 e. The highest BCUT2D eigenvalue weighted by atomic mass is 16.5. The third-order valence-electron chi connectivity index (χ3n) is 5.04. The maximum atomic E-state index is 10.7. The Balaban J connectivity index is 1.92. The highest BCUT2D eigenvalue weighted by Gasteiger charge is 2.34. The Morgan fingerprint density at radius 3 is 2.68 bits per heavy atom. The lowest BCUT2D eigenvalue weighted by Gasteiger charge is -2.39. The zero-order valence-electron chi connectivity index (χ0n) is 13.6. The van der Waals surface area contributed by atoms with Gasteiger partial charge in [0.2, 0.25) is 0 Å². The summed E-state index contributed by atoms with van der Waals surface area (Å²) in [6, 6.07) is 6.30. The predicted molar refractivity (Wildman–Crippen MR) is 88.4 cm³/mol. The molecule has 2 aliphatic rings. The van der Waals surface area contributed by atoms with Gasteiger partial charge in [-0.15, -0.1) is 0 Å². The SMILES string of the molecule is CCOc1cccc([C@H](C2CCCC2)N2CCNCC2)c1O. The summed E-state index contributed by atoms with van der Waals surface area (Å²) in [4.78, 5) is 2.55. The van der Waals surface area contributed by atoms with Crippen molar-refractivity contribution in [2.75, 3.05) is 32.8 Å². The van der Waals surface area contributed by atoms with Gasteiger partial charge in [0.25, 0.3) is 0 Å². The molecule has 1 atom stereocenters. The first-order chi connectivity index (χ1) is 10.8. The van der Waals surface area contributed by atoms with Crippen LogP contribution in [0, 0.1) is 5.92 Å². The molecule has 122 valence electrons. The third kappa shape index (κ3) is 3.23. The van der Waals surface area contributed by atoms with Crippen LogP contribution in [0.4, 0.5) is 0 Å². The first-order valence-corrected chi connectivity index (χ1v) is 8.70. The van der Waals surface area contributed by atoms with E-state index in [4.69, 9.17) is 4.74 Å². The number of phenolic OH excluding ortho intramolecular Hbond substituents is 1. The van der Waals surface area contributed by atoms with Crippen molar-refractivity contribution in [3.63, 3.8) is 0 Å². The molecule has 3 rings (SSSR count). The van der Waals surface area contributed by atoms with E-state index < -0.39 is 0 Å². The Hall–Kier alpha value is -1.26. The molecule has 2 N–H and O–H groups in total. The van der Waals surface area contributed by atoms with Crippen LogP contribution in [0.25, 0.3) is 0 Å². The number of benzene rings is 1. The quantitative estimate of drug-likeness (QED) is 0.878. The molecule has 1 saturated heterocycles. The predicted octanol–water partition coefficient (Wildman–Crippen LogP) is 2.93. The number of para-hydroxylation sites is 1. The van der Waals surface area contributed by atoms with Crippen molar-refractivity contribution in [2.45, 2.75) is 38.6 Å². The summed E-state index contributed by atoms with van der Waals surface area (Å²) < 4.78 is 5.60. The summed E-state index contributed by atoms with van der Waals surface area (Å²) >= 11 is 0. The first-order valence-electron chi connectivity index (χ1n) is 8.70. The second kappa shape index (κ2) is 7.34. The normalized spacial score (nSPS) is 21.9. The van der Waals surface area contributed by atoms with Gasteiger partial charge in [-0.05, 0) is 31.7 Å². The fraction of sp³-hybridized carbons (Fsp3) is 0.667. The fourth-order valence-corrected chi connectivity index (χ4v) is 4.03. The highest BCUT2D eigenvalue weighted by molar-refractivity contribution is 5.47. The number of hydrogen-bond donors (Lipinski definition) is 2. The van der Waals surface area contributed by atoms with E-state index in [1.807, 2.05) is 19.1 Å². The van der Waals surface area contributed by atoms with Crippen molar-refractivity contribution in [2.24, 2.45) is 5.92 Å². The summed E-state index contributed by atoms with van der Waals surface area (Å²) in [5.74, 6) is 1.62. The van der Waals surface area contributed by atoms with Crippen LogP contribution in [-0.4, -0.2) is 42.8 Å². The Kier molecular flexibility index (Phi) is 5.21. The van der Waals surface area contributed by atoms with Crippen LogP contribution in [0.1, 0.15) is 44.2 Å². The minimum absolute atomic E-state index is 0.324. The van der Waals surface area contributed by atoms with E-state index in [1.165, 1.54) is 25.7 Å². The molecule has 4 nitrogen and oxygen atoms in total. The number of rotatable bonds is 5. The lowest BCUT2D eigenvalue weighted by atomic mass is 9.89. The molecular formula is C18H28N2O2. The van der Waals surface area contributed by atoms with Gasteiger partial charge < -0.3 is 15.2 Å². The van der Waals surface area contributed by atoms with E-state index in [0.29, 0.717) is 30.1 Å². The van der Waals surface area contributed by atoms with E-state index in [9.17, 15) is 5.11 Å². The Morgan fingerprint density at radius 1 is 1.27 bits per heavy atom. The van der Waals surface area contributed by atoms with Crippen LogP contribution in [0.3, 0.4) is 0 Å². The minimum Gasteiger partial charge on any atom is -0.504 e. The van der Waals surface area contributed by atoms with Crippen LogP contribution in [0.2, 0.25) is 0 Å². The second-order valence-electron chi connectivity index (χ2n) is 6.40. The molecule has 1 aromatic rings. The summed E-state index contributed by atoms with van der Waals surface area (Å²) in [5.41, 5.74) is 1.06. The van der Waals surface area contributed by atoms with Crippen molar-refractivity contribution in [3.8, 4) is 11.5 Å². The van der Waals surface area contributed by atoms with E-state index in [2.05, 4.69) is 16.3 Å². The van der Waals surface area contributed by atoms with Gasteiger partial charge in [-0.1, -0.05) is 25.0 Å². The van der Waals surface area contributed by atoms with Crippen molar-refractivity contribution < 1.29 is 9.84 Å². The van der Waals surface area contributed by atoms with Gasteiger partial charge in [-0.25, -0.2) is 0 Å². The Bertz CT molecular complexity index is 480. The zero-order chi connectivity index (χ0) is 15.4. The van der Waals surface area contributed by atoms with Crippen molar-refractivity contribution in [3.05, 3.63) is 23.8 Å². The van der Waals surface area contributed by atoms with Crippen molar-refractivity contribution >= 4 is 0 Å². The zero-order valence-corrected chi connectivity index (χ0v) is 13.6. The van der Waals surface area contributed by atoms with E-state index >= 15 is 0 Å². The molecule has 22 heavy (non-hydrogen) atoms. The van der Waals surface area contributed by atoms with Crippen LogP contribution in [0.5, 0.6) is 11.5 Å². The number of aromatic hydroxyl groups is 1. The summed E-state index contributed by atoms with van der Waals surface area (Å²) in [5, 5.41) is 14.1. The monoisotopic (exact) mass is 304 g/mol. The maximum Gasteiger partial charge on any atom is 0.162 e. The molecule has 2 fully saturated rings. The van der Waals surface area contributed by atoms with Gasteiger partial charge in [-0.2, -0.15) is 0 Å². The molecule has 1 aromatic carbocycles. The number of phenols is 1. The van der Waals surface area contributed by atoms with Crippen LogP contribution in [0.15, 0.2) is 18.2 Å². The summed E-state index contributed by atoms with van der Waals surface area (Å²) in [7, 11) is 0. The maximum absolute atomic E-state index is 10.7.